The Kier molecular flexibility index (Phi) is 6.56. The van der Waals surface area contributed by atoms with E-state index in [4.69, 9.17) is 15.2 Å². The molecule has 2 aromatic heterocycles. The molecular weight excluding hydrogens is 402 g/mol. The molecule has 4 rings (SSSR count). The number of anilines is 2. The van der Waals surface area contributed by atoms with E-state index >= 15 is 0 Å². The molecule has 0 spiro atoms. The zero-order valence-electron chi connectivity index (χ0n) is 18.7. The number of nitrogens with one attached hydrogen (secondary N) is 1. The lowest BCUT2D eigenvalue weighted by atomic mass is 10.2. The Labute approximate surface area is 188 Å². The SMILES string of the molecule is Cc1cc(Nc2ncnc3ccn(CCN)c23)ccc1Oc1cccc(OCC(C)C)c1. The van der Waals surface area contributed by atoms with Crippen LogP contribution in [-0.2, 0) is 6.54 Å². The minimum absolute atomic E-state index is 0.469. The molecule has 32 heavy (non-hydrogen) atoms. The first-order valence-electron chi connectivity index (χ1n) is 10.8. The number of rotatable bonds is 9. The molecule has 0 amide bonds. The summed E-state index contributed by atoms with van der Waals surface area (Å²) in [6.07, 6.45) is 3.55. The van der Waals surface area contributed by atoms with Crippen LogP contribution < -0.4 is 20.5 Å². The molecule has 0 atom stereocenters. The second-order valence-corrected chi connectivity index (χ2v) is 8.14. The van der Waals surface area contributed by atoms with Crippen LogP contribution in [-0.4, -0.2) is 27.7 Å². The maximum Gasteiger partial charge on any atom is 0.158 e. The second kappa shape index (κ2) is 9.70. The lowest BCUT2D eigenvalue weighted by Gasteiger charge is -2.14. The van der Waals surface area contributed by atoms with Crippen molar-refractivity contribution >= 4 is 22.5 Å². The van der Waals surface area contributed by atoms with Crippen LogP contribution in [0, 0.1) is 12.8 Å². The van der Waals surface area contributed by atoms with Crippen molar-refractivity contribution in [1.29, 1.82) is 0 Å². The van der Waals surface area contributed by atoms with Gasteiger partial charge in [-0.25, -0.2) is 9.97 Å². The number of aryl methyl sites for hydroxylation is 1. The van der Waals surface area contributed by atoms with Crippen LogP contribution in [0.1, 0.15) is 19.4 Å². The van der Waals surface area contributed by atoms with Gasteiger partial charge in [-0.1, -0.05) is 19.9 Å². The zero-order valence-corrected chi connectivity index (χ0v) is 18.7. The molecular formula is C25H29N5O2. The van der Waals surface area contributed by atoms with E-state index in [2.05, 4.69) is 33.7 Å². The van der Waals surface area contributed by atoms with Gasteiger partial charge in [-0.2, -0.15) is 0 Å². The molecule has 0 saturated heterocycles. The van der Waals surface area contributed by atoms with Gasteiger partial charge < -0.3 is 25.1 Å². The van der Waals surface area contributed by atoms with Gasteiger partial charge in [0.25, 0.3) is 0 Å². The van der Waals surface area contributed by atoms with Crippen LogP contribution in [0.15, 0.2) is 61.1 Å². The molecule has 2 heterocycles. The van der Waals surface area contributed by atoms with Crippen molar-refractivity contribution in [3.05, 3.63) is 66.6 Å². The summed E-state index contributed by atoms with van der Waals surface area (Å²) >= 11 is 0. The molecule has 0 unspecified atom stereocenters. The van der Waals surface area contributed by atoms with Crippen LogP contribution in [0.5, 0.6) is 17.2 Å². The Morgan fingerprint density at radius 2 is 1.91 bits per heavy atom. The number of hydrogen-bond acceptors (Lipinski definition) is 6. The lowest BCUT2D eigenvalue weighted by molar-refractivity contribution is 0.270. The first-order valence-corrected chi connectivity index (χ1v) is 10.8. The molecule has 0 fully saturated rings. The van der Waals surface area contributed by atoms with E-state index < -0.39 is 0 Å². The fourth-order valence-electron chi connectivity index (χ4n) is 3.45. The van der Waals surface area contributed by atoms with Gasteiger partial charge >= 0.3 is 0 Å². The Balaban J connectivity index is 1.52. The van der Waals surface area contributed by atoms with Gasteiger partial charge in [-0.05, 0) is 54.8 Å². The number of fused-ring (bicyclic) bond motifs is 1. The molecule has 0 saturated carbocycles. The van der Waals surface area contributed by atoms with Crippen LogP contribution in [0.25, 0.3) is 11.0 Å². The van der Waals surface area contributed by atoms with Crippen molar-refractivity contribution in [2.45, 2.75) is 27.3 Å². The fourth-order valence-corrected chi connectivity index (χ4v) is 3.45. The van der Waals surface area contributed by atoms with Gasteiger partial charge in [0.05, 0.1) is 12.1 Å². The number of aromatic nitrogens is 3. The van der Waals surface area contributed by atoms with Crippen LogP contribution in [0.2, 0.25) is 0 Å². The lowest BCUT2D eigenvalue weighted by Crippen LogP contribution is -2.10. The minimum Gasteiger partial charge on any atom is -0.493 e. The Morgan fingerprint density at radius 1 is 1.06 bits per heavy atom. The van der Waals surface area contributed by atoms with E-state index in [0.29, 0.717) is 25.6 Å². The average Bonchev–Trinajstić information content (AvgIpc) is 3.19. The fraction of sp³-hybridized carbons (Fsp3) is 0.280. The summed E-state index contributed by atoms with van der Waals surface area (Å²) in [5.74, 6) is 3.55. The van der Waals surface area contributed by atoms with Gasteiger partial charge in [-0.15, -0.1) is 0 Å². The van der Waals surface area contributed by atoms with E-state index in [1.807, 2.05) is 61.7 Å². The molecule has 0 aliphatic heterocycles. The number of ether oxygens (including phenoxy) is 2. The molecule has 0 radical (unpaired) electrons. The van der Waals surface area contributed by atoms with Crippen molar-refractivity contribution in [2.24, 2.45) is 11.7 Å². The van der Waals surface area contributed by atoms with Gasteiger partial charge in [0.15, 0.2) is 5.82 Å². The maximum absolute atomic E-state index is 6.12. The largest absolute Gasteiger partial charge is 0.493 e. The molecule has 0 aliphatic rings. The zero-order chi connectivity index (χ0) is 22.5. The third-order valence-corrected chi connectivity index (χ3v) is 4.97. The van der Waals surface area contributed by atoms with Gasteiger partial charge in [0, 0.05) is 31.0 Å². The highest BCUT2D eigenvalue weighted by molar-refractivity contribution is 5.88. The van der Waals surface area contributed by atoms with E-state index in [1.165, 1.54) is 0 Å². The van der Waals surface area contributed by atoms with E-state index in [9.17, 15) is 0 Å². The summed E-state index contributed by atoms with van der Waals surface area (Å²) in [6.45, 7) is 8.20. The van der Waals surface area contributed by atoms with Crippen LogP contribution in [0.4, 0.5) is 11.5 Å². The van der Waals surface area contributed by atoms with Gasteiger partial charge in [-0.3, -0.25) is 0 Å². The Morgan fingerprint density at radius 3 is 2.69 bits per heavy atom. The summed E-state index contributed by atoms with van der Waals surface area (Å²) in [6, 6.07) is 15.7. The summed E-state index contributed by atoms with van der Waals surface area (Å²) in [7, 11) is 0. The van der Waals surface area contributed by atoms with Gasteiger partial charge in [0.1, 0.15) is 29.1 Å². The third-order valence-electron chi connectivity index (χ3n) is 4.97. The molecule has 7 nitrogen and oxygen atoms in total. The molecule has 0 bridgehead atoms. The third kappa shape index (κ3) is 5.00. The van der Waals surface area contributed by atoms with Crippen LogP contribution in [0.3, 0.4) is 0 Å². The summed E-state index contributed by atoms with van der Waals surface area (Å²) < 4.78 is 14.0. The number of hydrogen-bond donors (Lipinski definition) is 2. The van der Waals surface area contributed by atoms with Crippen molar-refractivity contribution in [2.75, 3.05) is 18.5 Å². The number of nitrogens with two attached hydrogens (primary N) is 1. The first kappa shape index (κ1) is 21.6. The van der Waals surface area contributed by atoms with Crippen LogP contribution >= 0.6 is 0 Å². The Hall–Kier alpha value is -3.58. The van der Waals surface area contributed by atoms with E-state index in [1.54, 1.807) is 6.33 Å². The quantitative estimate of drug-likeness (QED) is 0.375. The monoisotopic (exact) mass is 431 g/mol. The minimum atomic E-state index is 0.469. The predicted octanol–water partition coefficient (Wildman–Crippen LogP) is 5.27. The Bertz CT molecular complexity index is 1200. The molecule has 0 aliphatic carbocycles. The normalized spacial score (nSPS) is 11.2. The average molecular weight is 432 g/mol. The standard InChI is InChI=1S/C25H29N5O2/c1-17(2)15-31-20-5-4-6-21(14-20)32-23-8-7-19(13-18(23)3)29-25-24-22(27-16-28-25)9-11-30(24)12-10-26/h4-9,11,13-14,16-17H,10,12,15,26H2,1-3H3,(H,27,28,29). The van der Waals surface area contributed by atoms with Gasteiger partial charge in [0.2, 0.25) is 0 Å². The highest BCUT2D eigenvalue weighted by Gasteiger charge is 2.11. The highest BCUT2D eigenvalue weighted by Crippen LogP contribution is 2.31. The van der Waals surface area contributed by atoms with E-state index in [-0.39, 0.29) is 0 Å². The molecule has 4 aromatic rings. The van der Waals surface area contributed by atoms with Crippen molar-refractivity contribution in [3.8, 4) is 17.2 Å². The topological polar surface area (TPSA) is 87.2 Å². The van der Waals surface area contributed by atoms with Crippen molar-refractivity contribution < 1.29 is 9.47 Å². The smallest absolute Gasteiger partial charge is 0.158 e. The summed E-state index contributed by atoms with van der Waals surface area (Å²) in [5, 5.41) is 3.41. The predicted molar refractivity (Wildman–Crippen MR) is 128 cm³/mol. The second-order valence-electron chi connectivity index (χ2n) is 8.14. The maximum atomic E-state index is 6.12. The number of nitrogens with zero attached hydrogens (tertiary/aromatic N) is 3. The molecule has 166 valence electrons. The van der Waals surface area contributed by atoms with Crippen molar-refractivity contribution in [1.82, 2.24) is 14.5 Å². The molecule has 2 aromatic carbocycles. The molecule has 7 heteroatoms. The summed E-state index contributed by atoms with van der Waals surface area (Å²) in [5.41, 5.74) is 9.50. The van der Waals surface area contributed by atoms with E-state index in [0.717, 1.165) is 45.4 Å². The summed E-state index contributed by atoms with van der Waals surface area (Å²) in [4.78, 5) is 8.80. The molecule has 3 N–H and O–H groups in total. The number of benzene rings is 2. The van der Waals surface area contributed by atoms with Crippen molar-refractivity contribution in [3.63, 3.8) is 0 Å². The first-order chi connectivity index (χ1) is 15.5. The highest BCUT2D eigenvalue weighted by atomic mass is 16.5.